The van der Waals surface area contributed by atoms with Crippen LogP contribution in [0.15, 0.2) is 43.0 Å². The summed E-state index contributed by atoms with van der Waals surface area (Å²) in [6.45, 7) is 10.2. The number of aliphatic hydroxyl groups is 1. The molecule has 230 valence electrons. The molecule has 0 radical (unpaired) electrons. The third-order valence-electron chi connectivity index (χ3n) is 6.44. The number of para-hydroxylation sites is 1. The van der Waals surface area contributed by atoms with Crippen molar-refractivity contribution in [1.82, 2.24) is 24.6 Å². The lowest BCUT2D eigenvalue weighted by atomic mass is 9.98. The molecule has 1 aliphatic heterocycles. The number of anilines is 1. The van der Waals surface area contributed by atoms with E-state index in [-0.39, 0.29) is 5.75 Å². The zero-order valence-electron chi connectivity index (χ0n) is 24.4. The molecule has 0 amide bonds. The number of imidazole rings is 1. The largest absolute Gasteiger partial charge is 0.462 e. The van der Waals surface area contributed by atoms with Crippen molar-refractivity contribution in [2.75, 3.05) is 18.5 Å². The highest BCUT2D eigenvalue weighted by molar-refractivity contribution is 7.52. The molecule has 1 unspecified atom stereocenters. The van der Waals surface area contributed by atoms with Crippen LogP contribution in [-0.2, 0) is 23.4 Å². The molecule has 0 aliphatic carbocycles. The number of esters is 1. The first kappa shape index (κ1) is 31.8. The molecular formula is C27H38FN6O7P. The van der Waals surface area contributed by atoms with E-state index in [4.69, 9.17) is 18.5 Å². The minimum absolute atomic E-state index is 0.199. The first-order chi connectivity index (χ1) is 19.8. The van der Waals surface area contributed by atoms with Crippen molar-refractivity contribution in [3.63, 3.8) is 0 Å². The Hall–Kier alpha value is -3.16. The molecule has 3 aromatic rings. The van der Waals surface area contributed by atoms with Gasteiger partial charge in [-0.2, -0.15) is 5.09 Å². The van der Waals surface area contributed by atoms with Gasteiger partial charge < -0.3 is 24.4 Å². The maximum Gasteiger partial charge on any atom is 0.459 e. The highest BCUT2D eigenvalue weighted by Crippen LogP contribution is 2.48. The van der Waals surface area contributed by atoms with Crippen LogP contribution in [0.2, 0.25) is 0 Å². The molecule has 0 saturated carbocycles. The van der Waals surface area contributed by atoms with Gasteiger partial charge in [0.05, 0.1) is 19.0 Å². The molecule has 2 aromatic heterocycles. The fraction of sp³-hybridized carbons (Fsp3) is 0.556. The van der Waals surface area contributed by atoms with Crippen molar-refractivity contribution in [3.8, 4) is 5.75 Å². The number of aromatic nitrogens is 4. The van der Waals surface area contributed by atoms with Crippen molar-refractivity contribution < 1.29 is 37.4 Å². The predicted octanol–water partition coefficient (Wildman–Crippen LogP) is 4.01. The van der Waals surface area contributed by atoms with Gasteiger partial charge >= 0.3 is 13.7 Å². The molecule has 3 N–H and O–H groups in total. The van der Waals surface area contributed by atoms with Crippen LogP contribution in [0.5, 0.6) is 5.75 Å². The molecule has 15 heteroatoms. The summed E-state index contributed by atoms with van der Waals surface area (Å²) in [6, 6.07) is 7.12. The average Bonchev–Trinajstić information content (AvgIpc) is 3.44. The zero-order chi connectivity index (χ0) is 30.7. The summed E-state index contributed by atoms with van der Waals surface area (Å²) in [5.41, 5.74) is -1.60. The van der Waals surface area contributed by atoms with Crippen LogP contribution < -0.4 is 14.9 Å². The quantitative estimate of drug-likeness (QED) is 0.189. The molecule has 6 atom stereocenters. The van der Waals surface area contributed by atoms with Gasteiger partial charge in [0.1, 0.15) is 30.3 Å². The number of carbonyl (C=O) groups is 1. The lowest BCUT2D eigenvalue weighted by molar-refractivity contribution is -0.149. The van der Waals surface area contributed by atoms with Crippen LogP contribution in [0.1, 0.15) is 47.8 Å². The normalized spacial score (nSPS) is 24.6. The third-order valence-corrected chi connectivity index (χ3v) is 8.08. The smallest absolute Gasteiger partial charge is 0.459 e. The van der Waals surface area contributed by atoms with Crippen molar-refractivity contribution in [2.45, 2.75) is 77.8 Å². The number of aliphatic hydroxyl groups excluding tert-OH is 1. The number of fused-ring (bicyclic) bond motifs is 1. The molecule has 1 saturated heterocycles. The van der Waals surface area contributed by atoms with Crippen molar-refractivity contribution in [3.05, 3.63) is 43.0 Å². The number of ether oxygens (including phenoxy) is 2. The standard InChI is InChI=1S/C27H38FN6O7P/c1-16(2)12-29-23-21-24(31-14-30-23)34(15-32-21)26-27(6,28)22(35)20(40-26)13-38-42(37,41-19-10-8-7-9-11-19)33-18(5)25(36)39-17(3)4/h7-11,14-18,20,22,26,35H,12-13H2,1-6H3,(H,33,37)(H,29,30,31)/t18-,20+,22+,26+,27+,42?/m0/s1. The van der Waals surface area contributed by atoms with Gasteiger partial charge in [-0.15, -0.1) is 0 Å². The highest BCUT2D eigenvalue weighted by atomic mass is 31.2. The Bertz CT molecular complexity index is 1410. The van der Waals surface area contributed by atoms with E-state index in [9.17, 15) is 14.5 Å². The maximum atomic E-state index is 16.1. The zero-order valence-corrected chi connectivity index (χ0v) is 25.3. The Balaban J connectivity index is 1.54. The Morgan fingerprint density at radius 3 is 2.57 bits per heavy atom. The van der Waals surface area contributed by atoms with E-state index in [1.807, 2.05) is 13.8 Å². The number of hydrogen-bond donors (Lipinski definition) is 3. The second kappa shape index (κ2) is 13.0. The summed E-state index contributed by atoms with van der Waals surface area (Å²) in [7, 11) is -4.27. The lowest BCUT2D eigenvalue weighted by Gasteiger charge is -2.25. The minimum Gasteiger partial charge on any atom is -0.462 e. The van der Waals surface area contributed by atoms with Gasteiger partial charge in [0.2, 0.25) is 0 Å². The van der Waals surface area contributed by atoms with Gasteiger partial charge in [-0.3, -0.25) is 13.9 Å². The van der Waals surface area contributed by atoms with Crippen molar-refractivity contribution in [2.24, 2.45) is 5.92 Å². The number of halogens is 1. The summed E-state index contributed by atoms with van der Waals surface area (Å²) < 4.78 is 53.6. The van der Waals surface area contributed by atoms with Gasteiger partial charge in [0, 0.05) is 6.54 Å². The fourth-order valence-electron chi connectivity index (χ4n) is 4.31. The molecule has 4 rings (SSSR count). The second-order valence-electron chi connectivity index (χ2n) is 11.0. The van der Waals surface area contributed by atoms with Crippen LogP contribution in [0, 0.1) is 5.92 Å². The Morgan fingerprint density at radius 2 is 1.90 bits per heavy atom. The lowest BCUT2D eigenvalue weighted by Crippen LogP contribution is -2.41. The number of rotatable bonds is 13. The molecule has 13 nitrogen and oxygen atoms in total. The number of benzene rings is 1. The van der Waals surface area contributed by atoms with E-state index in [2.05, 4.69) is 25.4 Å². The van der Waals surface area contributed by atoms with Crippen molar-refractivity contribution in [1.29, 1.82) is 0 Å². The van der Waals surface area contributed by atoms with Crippen LogP contribution in [0.3, 0.4) is 0 Å². The van der Waals surface area contributed by atoms with Crippen molar-refractivity contribution >= 4 is 30.7 Å². The van der Waals surface area contributed by atoms with Gasteiger partial charge in [0.25, 0.3) is 0 Å². The second-order valence-corrected chi connectivity index (χ2v) is 12.7. The maximum absolute atomic E-state index is 16.1. The number of carbonyl (C=O) groups excluding carboxylic acids is 1. The summed E-state index contributed by atoms with van der Waals surface area (Å²) in [6.07, 6.45) is -2.00. The Kier molecular flexibility index (Phi) is 9.84. The van der Waals surface area contributed by atoms with E-state index >= 15 is 4.39 Å². The van der Waals surface area contributed by atoms with E-state index in [0.29, 0.717) is 29.4 Å². The molecule has 0 spiro atoms. The predicted molar refractivity (Wildman–Crippen MR) is 153 cm³/mol. The van der Waals surface area contributed by atoms with E-state index in [0.717, 1.165) is 0 Å². The molecule has 3 heterocycles. The number of nitrogens with zero attached hydrogens (tertiary/aromatic N) is 4. The molecule has 1 aromatic carbocycles. The van der Waals surface area contributed by atoms with Gasteiger partial charge in [0.15, 0.2) is 28.9 Å². The Morgan fingerprint density at radius 1 is 1.19 bits per heavy atom. The van der Waals surface area contributed by atoms with Crippen LogP contribution in [-0.4, -0.2) is 73.8 Å². The average molecular weight is 609 g/mol. The number of alkyl halides is 1. The summed E-state index contributed by atoms with van der Waals surface area (Å²) in [5, 5.41) is 16.7. The Labute approximate surface area is 243 Å². The third kappa shape index (κ3) is 7.24. The number of nitrogens with one attached hydrogen (secondary N) is 2. The fourth-order valence-corrected chi connectivity index (χ4v) is 5.81. The van der Waals surface area contributed by atoms with Crippen LogP contribution in [0.25, 0.3) is 11.2 Å². The molecule has 42 heavy (non-hydrogen) atoms. The molecular weight excluding hydrogens is 570 g/mol. The molecule has 1 aliphatic rings. The summed E-state index contributed by atoms with van der Waals surface area (Å²) in [5.74, 6) is 0.364. The SMILES string of the molecule is CC(C)CNc1ncnc2c1ncn2[C@@H]1O[C@H](COP(=O)(N[C@@H](C)C(=O)OC(C)C)Oc2ccccc2)[C@@H](O)[C@@]1(C)F. The van der Waals surface area contributed by atoms with Gasteiger partial charge in [-0.05, 0) is 45.7 Å². The van der Waals surface area contributed by atoms with E-state index in [1.165, 1.54) is 31.1 Å². The van der Waals surface area contributed by atoms with Crippen LogP contribution >= 0.6 is 7.75 Å². The van der Waals surface area contributed by atoms with E-state index < -0.39 is 56.6 Å². The van der Waals surface area contributed by atoms with E-state index in [1.54, 1.807) is 44.2 Å². The van der Waals surface area contributed by atoms with Gasteiger partial charge in [-0.1, -0.05) is 32.0 Å². The summed E-state index contributed by atoms with van der Waals surface area (Å²) >= 11 is 0. The minimum atomic E-state index is -4.27. The first-order valence-electron chi connectivity index (χ1n) is 13.7. The monoisotopic (exact) mass is 608 g/mol. The van der Waals surface area contributed by atoms with Gasteiger partial charge in [-0.25, -0.2) is 23.9 Å². The number of hydrogen-bond acceptors (Lipinski definition) is 11. The topological polar surface area (TPSA) is 159 Å². The first-order valence-corrected chi connectivity index (χ1v) is 15.3. The van der Waals surface area contributed by atoms with Crippen LogP contribution in [0.4, 0.5) is 10.2 Å². The molecule has 1 fully saturated rings. The molecule has 0 bridgehead atoms. The highest BCUT2D eigenvalue weighted by Gasteiger charge is 2.56. The summed E-state index contributed by atoms with van der Waals surface area (Å²) in [4.78, 5) is 25.3.